The maximum atomic E-state index is 14.2. The summed E-state index contributed by atoms with van der Waals surface area (Å²) in [6, 6.07) is 9.79. The lowest BCUT2D eigenvalue weighted by Gasteiger charge is -2.38. The first kappa shape index (κ1) is 14.3. The van der Waals surface area contributed by atoms with Crippen LogP contribution in [0.2, 0.25) is 5.02 Å². The Balaban J connectivity index is 1.99. The maximum Gasteiger partial charge on any atom is 0.167 e. The zero-order chi connectivity index (χ0) is 14.8. The Morgan fingerprint density at radius 3 is 2.86 bits per heavy atom. The van der Waals surface area contributed by atoms with Gasteiger partial charge in [0.2, 0.25) is 0 Å². The van der Waals surface area contributed by atoms with Crippen molar-refractivity contribution >= 4 is 17.4 Å². The molecule has 0 radical (unpaired) electrons. The number of hydrogen-bond acceptors (Lipinski definition) is 3. The molecule has 21 heavy (non-hydrogen) atoms. The van der Waals surface area contributed by atoms with Crippen LogP contribution in [0.4, 0.5) is 10.2 Å². The molecule has 1 aliphatic rings. The molecule has 0 saturated carbocycles. The smallest absolute Gasteiger partial charge is 0.167 e. The molecular formula is C16H17ClFN3. The molecule has 1 atom stereocenters. The molecule has 110 valence electrons. The van der Waals surface area contributed by atoms with Gasteiger partial charge in [0.15, 0.2) is 11.6 Å². The monoisotopic (exact) mass is 305 g/mol. The molecule has 0 saturated heterocycles. The van der Waals surface area contributed by atoms with Crippen molar-refractivity contribution in [2.75, 3.05) is 18.5 Å². The number of nitrogens with one attached hydrogen (secondary N) is 1. The van der Waals surface area contributed by atoms with Crippen LogP contribution < -0.4 is 10.2 Å². The molecule has 2 aromatic rings. The molecule has 1 aliphatic heterocycles. The van der Waals surface area contributed by atoms with Gasteiger partial charge in [-0.3, -0.25) is 0 Å². The van der Waals surface area contributed by atoms with Crippen LogP contribution in [0.1, 0.15) is 11.1 Å². The maximum absolute atomic E-state index is 14.2. The van der Waals surface area contributed by atoms with Crippen molar-refractivity contribution in [3.05, 3.63) is 58.5 Å². The average Bonchev–Trinajstić information content (AvgIpc) is 2.47. The Bertz CT molecular complexity index is 647. The van der Waals surface area contributed by atoms with Crippen LogP contribution >= 0.6 is 11.6 Å². The van der Waals surface area contributed by atoms with E-state index < -0.39 is 0 Å². The van der Waals surface area contributed by atoms with E-state index in [0.29, 0.717) is 17.4 Å². The predicted molar refractivity (Wildman–Crippen MR) is 83.2 cm³/mol. The number of likely N-dealkylation sites (N-methyl/N-ethyl adjacent to an activating group) is 1. The standard InChI is InChI=1S/C16H17ClFN3/c1-19-9-14-6-11-4-2-3-5-12(11)10-21(14)16-15(18)7-13(17)8-20-16/h2-5,7-8,14,19H,6,9-10H2,1H3. The van der Waals surface area contributed by atoms with E-state index in [1.54, 1.807) is 0 Å². The van der Waals surface area contributed by atoms with Crippen LogP contribution in [0.3, 0.4) is 0 Å². The van der Waals surface area contributed by atoms with Crippen LogP contribution in [0.5, 0.6) is 0 Å². The second-order valence-electron chi connectivity index (χ2n) is 5.27. The number of hydrogen-bond donors (Lipinski definition) is 1. The van der Waals surface area contributed by atoms with Gasteiger partial charge in [-0.25, -0.2) is 9.37 Å². The van der Waals surface area contributed by atoms with Crippen molar-refractivity contribution in [2.45, 2.75) is 19.0 Å². The number of rotatable bonds is 3. The van der Waals surface area contributed by atoms with Crippen LogP contribution in [0.15, 0.2) is 36.5 Å². The highest BCUT2D eigenvalue weighted by molar-refractivity contribution is 6.30. The zero-order valence-electron chi connectivity index (χ0n) is 11.8. The molecule has 1 aromatic carbocycles. The SMILES string of the molecule is CNCC1Cc2ccccc2CN1c1ncc(Cl)cc1F. The van der Waals surface area contributed by atoms with Gasteiger partial charge >= 0.3 is 0 Å². The van der Waals surface area contributed by atoms with Crippen LogP contribution in [0, 0.1) is 5.82 Å². The van der Waals surface area contributed by atoms with Crippen molar-refractivity contribution in [1.82, 2.24) is 10.3 Å². The summed E-state index contributed by atoms with van der Waals surface area (Å²) in [6.45, 7) is 1.44. The van der Waals surface area contributed by atoms with E-state index >= 15 is 0 Å². The van der Waals surface area contributed by atoms with E-state index in [1.165, 1.54) is 23.4 Å². The molecular weight excluding hydrogens is 289 g/mol. The van der Waals surface area contributed by atoms with Gasteiger partial charge in [0, 0.05) is 25.3 Å². The summed E-state index contributed by atoms with van der Waals surface area (Å²) in [5.74, 6) is -0.00265. The van der Waals surface area contributed by atoms with Gasteiger partial charge < -0.3 is 10.2 Å². The quantitative estimate of drug-likeness (QED) is 0.945. The minimum Gasteiger partial charge on any atom is -0.345 e. The first-order chi connectivity index (χ1) is 10.2. The molecule has 5 heteroatoms. The van der Waals surface area contributed by atoms with Gasteiger partial charge in [0.25, 0.3) is 0 Å². The lowest BCUT2D eigenvalue weighted by atomic mass is 9.94. The summed E-state index contributed by atoms with van der Waals surface area (Å²) in [6.07, 6.45) is 2.37. The molecule has 3 rings (SSSR count). The summed E-state index contributed by atoms with van der Waals surface area (Å²) in [4.78, 5) is 6.22. The van der Waals surface area contributed by atoms with E-state index in [2.05, 4.69) is 22.4 Å². The second kappa shape index (κ2) is 6.00. The van der Waals surface area contributed by atoms with Crippen molar-refractivity contribution in [2.24, 2.45) is 0 Å². The molecule has 0 aliphatic carbocycles. The molecule has 3 nitrogen and oxygen atoms in total. The van der Waals surface area contributed by atoms with Crippen molar-refractivity contribution in [1.29, 1.82) is 0 Å². The van der Waals surface area contributed by atoms with E-state index in [0.717, 1.165) is 13.0 Å². The third kappa shape index (κ3) is 2.87. The van der Waals surface area contributed by atoms with E-state index in [-0.39, 0.29) is 11.9 Å². The van der Waals surface area contributed by atoms with Gasteiger partial charge in [-0.2, -0.15) is 0 Å². The molecule has 0 spiro atoms. The lowest BCUT2D eigenvalue weighted by molar-refractivity contribution is 0.507. The molecule has 0 bridgehead atoms. The highest BCUT2D eigenvalue weighted by Gasteiger charge is 2.28. The minimum atomic E-state index is -0.372. The van der Waals surface area contributed by atoms with Gasteiger partial charge in [-0.1, -0.05) is 35.9 Å². The van der Waals surface area contributed by atoms with Gasteiger partial charge in [-0.15, -0.1) is 0 Å². The third-order valence-corrected chi connectivity index (χ3v) is 4.06. The number of fused-ring (bicyclic) bond motifs is 1. The zero-order valence-corrected chi connectivity index (χ0v) is 12.6. The van der Waals surface area contributed by atoms with Gasteiger partial charge in [0.05, 0.1) is 5.02 Å². The Hall–Kier alpha value is -1.65. The summed E-state index contributed by atoms with van der Waals surface area (Å²) in [7, 11) is 1.91. The Labute approximate surface area is 128 Å². The van der Waals surface area contributed by atoms with Gasteiger partial charge in [-0.05, 0) is 30.7 Å². The van der Waals surface area contributed by atoms with Crippen LogP contribution in [0.25, 0.3) is 0 Å². The van der Waals surface area contributed by atoms with Crippen LogP contribution in [-0.4, -0.2) is 24.6 Å². The van der Waals surface area contributed by atoms with E-state index in [1.807, 2.05) is 24.1 Å². The van der Waals surface area contributed by atoms with Crippen molar-refractivity contribution in [3.8, 4) is 0 Å². The van der Waals surface area contributed by atoms with Crippen molar-refractivity contribution < 1.29 is 4.39 Å². The van der Waals surface area contributed by atoms with Crippen molar-refractivity contribution in [3.63, 3.8) is 0 Å². The van der Waals surface area contributed by atoms with E-state index in [4.69, 9.17) is 11.6 Å². The topological polar surface area (TPSA) is 28.2 Å². The third-order valence-electron chi connectivity index (χ3n) is 3.86. The predicted octanol–water partition coefficient (Wildman–Crippen LogP) is 3.02. The van der Waals surface area contributed by atoms with E-state index in [9.17, 15) is 4.39 Å². The summed E-state index contributed by atoms with van der Waals surface area (Å²) >= 11 is 5.80. The lowest BCUT2D eigenvalue weighted by Crippen LogP contribution is -2.46. The van der Waals surface area contributed by atoms with Crippen LogP contribution in [-0.2, 0) is 13.0 Å². The fourth-order valence-corrected chi connectivity index (χ4v) is 3.02. The number of halogens is 2. The number of benzene rings is 1. The van der Waals surface area contributed by atoms with Gasteiger partial charge in [0.1, 0.15) is 0 Å². The Kier molecular flexibility index (Phi) is 4.08. The molecule has 0 fully saturated rings. The molecule has 2 heterocycles. The fraction of sp³-hybridized carbons (Fsp3) is 0.312. The fourth-order valence-electron chi connectivity index (χ4n) is 2.87. The number of anilines is 1. The number of pyridine rings is 1. The highest BCUT2D eigenvalue weighted by Crippen LogP contribution is 2.29. The second-order valence-corrected chi connectivity index (χ2v) is 5.71. The molecule has 1 N–H and O–H groups in total. The first-order valence-corrected chi connectivity index (χ1v) is 7.36. The highest BCUT2D eigenvalue weighted by atomic mass is 35.5. The summed E-state index contributed by atoms with van der Waals surface area (Å²) < 4.78 is 14.2. The largest absolute Gasteiger partial charge is 0.345 e. The first-order valence-electron chi connectivity index (χ1n) is 6.98. The Morgan fingerprint density at radius 2 is 2.14 bits per heavy atom. The Morgan fingerprint density at radius 1 is 1.38 bits per heavy atom. The number of aromatic nitrogens is 1. The molecule has 1 unspecified atom stereocenters. The summed E-state index contributed by atoms with van der Waals surface area (Å²) in [5, 5.41) is 3.50. The average molecular weight is 306 g/mol. The number of nitrogens with zero attached hydrogens (tertiary/aromatic N) is 2. The molecule has 0 amide bonds. The molecule has 1 aromatic heterocycles. The normalized spacial score (nSPS) is 17.7. The summed E-state index contributed by atoms with van der Waals surface area (Å²) in [5.41, 5.74) is 2.55. The minimum absolute atomic E-state index is 0.174.